The Hall–Kier alpha value is -5.74. The predicted octanol–water partition coefficient (Wildman–Crippen LogP) is 10.6. The van der Waals surface area contributed by atoms with Gasteiger partial charge in [-0.2, -0.15) is 4.98 Å². The number of hydrogen-bond acceptors (Lipinski definition) is 3. The number of benzene rings is 6. The number of rotatable bonds is 2. The van der Waals surface area contributed by atoms with Crippen LogP contribution in [-0.2, 0) is 5.41 Å². The molecule has 0 amide bonds. The van der Waals surface area contributed by atoms with Crippen LogP contribution < -0.4 is 0 Å². The lowest BCUT2D eigenvalue weighted by Crippen LogP contribution is -2.15. The van der Waals surface area contributed by atoms with Crippen molar-refractivity contribution < 1.29 is 4.42 Å². The van der Waals surface area contributed by atoms with Gasteiger partial charge < -0.3 is 4.42 Å². The molecule has 0 unspecified atom stereocenters. The smallest absolute Gasteiger partial charge is 0.233 e. The number of furan rings is 1. The Balaban J connectivity index is 1.35. The molecule has 212 valence electrons. The summed E-state index contributed by atoms with van der Waals surface area (Å²) >= 11 is 0. The van der Waals surface area contributed by atoms with Crippen LogP contribution in [0.25, 0.3) is 83.0 Å². The van der Waals surface area contributed by atoms with Crippen LogP contribution in [0.4, 0.5) is 0 Å². The van der Waals surface area contributed by atoms with Crippen molar-refractivity contribution in [1.82, 2.24) is 14.5 Å². The van der Waals surface area contributed by atoms with E-state index in [9.17, 15) is 0 Å². The molecule has 45 heavy (non-hydrogen) atoms. The number of aromatic nitrogens is 3. The second kappa shape index (κ2) is 8.67. The van der Waals surface area contributed by atoms with Gasteiger partial charge in [0.15, 0.2) is 11.6 Å². The van der Waals surface area contributed by atoms with Gasteiger partial charge in [0.25, 0.3) is 0 Å². The van der Waals surface area contributed by atoms with Crippen LogP contribution in [0, 0.1) is 0 Å². The molecule has 3 heterocycles. The quantitative estimate of drug-likeness (QED) is 0.205. The van der Waals surface area contributed by atoms with Crippen molar-refractivity contribution in [2.24, 2.45) is 0 Å². The molecule has 3 aromatic heterocycles. The molecule has 10 rings (SSSR count). The minimum absolute atomic E-state index is 0.181. The molecule has 0 spiro atoms. The van der Waals surface area contributed by atoms with Crippen molar-refractivity contribution in [2.45, 2.75) is 19.3 Å². The molecule has 0 bridgehead atoms. The second-order valence-electron chi connectivity index (χ2n) is 12.6. The summed E-state index contributed by atoms with van der Waals surface area (Å²) in [5.74, 6) is 1.47. The summed E-state index contributed by atoms with van der Waals surface area (Å²) in [6.07, 6.45) is 0. The molecule has 0 N–H and O–H groups in total. The minimum Gasteiger partial charge on any atom is -0.437 e. The monoisotopic (exact) mass is 577 g/mol. The Kier molecular flexibility index (Phi) is 4.76. The van der Waals surface area contributed by atoms with Crippen molar-refractivity contribution in [1.29, 1.82) is 0 Å². The van der Waals surface area contributed by atoms with Crippen molar-refractivity contribution in [2.75, 3.05) is 0 Å². The van der Waals surface area contributed by atoms with Crippen LogP contribution in [0.2, 0.25) is 0 Å². The maximum absolute atomic E-state index is 6.40. The van der Waals surface area contributed by atoms with E-state index in [1.165, 1.54) is 43.8 Å². The second-order valence-corrected chi connectivity index (χ2v) is 12.6. The molecular formula is C41H27N3O. The van der Waals surface area contributed by atoms with Gasteiger partial charge in [-0.1, -0.05) is 117 Å². The van der Waals surface area contributed by atoms with Crippen molar-refractivity contribution in [3.8, 4) is 28.3 Å². The van der Waals surface area contributed by atoms with Crippen molar-refractivity contribution >= 4 is 54.6 Å². The van der Waals surface area contributed by atoms with Crippen LogP contribution in [0.1, 0.15) is 25.0 Å². The van der Waals surface area contributed by atoms with Gasteiger partial charge in [-0.05, 0) is 57.3 Å². The largest absolute Gasteiger partial charge is 0.437 e. The lowest BCUT2D eigenvalue weighted by atomic mass is 9.80. The Bertz CT molecular complexity index is 2680. The molecule has 4 nitrogen and oxygen atoms in total. The first-order valence-electron chi connectivity index (χ1n) is 15.4. The first-order valence-corrected chi connectivity index (χ1v) is 15.4. The standard InChI is InChI=1S/C41H27N3O/c1-41(2)32-23-34-31(22-30(32)28-21-20-24-12-6-7-15-26(24)37(28)41)27-16-8-10-18-33(27)44(34)39-36-29-17-9-11-19-35(29)45-40(36)43-38(42-39)25-13-4-3-5-14-25/h3-23H,1-2H3. The zero-order chi connectivity index (χ0) is 29.9. The Labute approximate surface area is 259 Å². The van der Waals surface area contributed by atoms with Crippen LogP contribution >= 0.6 is 0 Å². The van der Waals surface area contributed by atoms with Crippen molar-refractivity contribution in [3.63, 3.8) is 0 Å². The fourth-order valence-corrected chi connectivity index (χ4v) is 7.77. The molecule has 1 aliphatic carbocycles. The third-order valence-electron chi connectivity index (χ3n) is 9.79. The van der Waals surface area contributed by atoms with Crippen LogP contribution in [-0.4, -0.2) is 14.5 Å². The fourth-order valence-electron chi connectivity index (χ4n) is 7.77. The first-order chi connectivity index (χ1) is 22.1. The van der Waals surface area contributed by atoms with Crippen LogP contribution in [0.5, 0.6) is 0 Å². The summed E-state index contributed by atoms with van der Waals surface area (Å²) in [6.45, 7) is 4.73. The summed E-state index contributed by atoms with van der Waals surface area (Å²) in [6, 6.07) is 45.2. The van der Waals surface area contributed by atoms with Gasteiger partial charge in [0.05, 0.1) is 16.4 Å². The zero-order valence-corrected chi connectivity index (χ0v) is 24.9. The maximum atomic E-state index is 6.40. The highest BCUT2D eigenvalue weighted by molar-refractivity contribution is 6.15. The van der Waals surface area contributed by atoms with E-state index in [0.29, 0.717) is 11.5 Å². The normalized spacial score (nSPS) is 13.7. The molecule has 0 aliphatic heterocycles. The van der Waals surface area contributed by atoms with E-state index in [-0.39, 0.29) is 5.41 Å². The average Bonchev–Trinajstić information content (AvgIpc) is 3.69. The third-order valence-corrected chi connectivity index (χ3v) is 9.79. The number of fused-ring (bicyclic) bond motifs is 11. The number of para-hydroxylation sites is 2. The minimum atomic E-state index is -0.181. The van der Waals surface area contributed by atoms with E-state index in [2.05, 4.69) is 115 Å². The topological polar surface area (TPSA) is 43.9 Å². The highest BCUT2D eigenvalue weighted by atomic mass is 16.3. The van der Waals surface area contributed by atoms with Crippen molar-refractivity contribution in [3.05, 3.63) is 139 Å². The lowest BCUT2D eigenvalue weighted by molar-refractivity contribution is 0.653. The van der Waals surface area contributed by atoms with E-state index < -0.39 is 0 Å². The summed E-state index contributed by atoms with van der Waals surface area (Å²) in [4.78, 5) is 10.3. The lowest BCUT2D eigenvalue weighted by Gasteiger charge is -2.23. The van der Waals surface area contributed by atoms with Crippen LogP contribution in [0.15, 0.2) is 132 Å². The molecule has 0 radical (unpaired) electrons. The number of hydrogen-bond donors (Lipinski definition) is 0. The van der Waals surface area contributed by atoms with Gasteiger partial charge >= 0.3 is 0 Å². The maximum Gasteiger partial charge on any atom is 0.233 e. The fraction of sp³-hybridized carbons (Fsp3) is 0.0732. The molecule has 0 saturated heterocycles. The summed E-state index contributed by atoms with van der Waals surface area (Å²) in [5.41, 5.74) is 9.76. The highest BCUT2D eigenvalue weighted by Crippen LogP contribution is 2.53. The molecule has 0 saturated carbocycles. The molecule has 0 fully saturated rings. The van der Waals surface area contributed by atoms with Gasteiger partial charge in [0.2, 0.25) is 5.71 Å². The zero-order valence-electron chi connectivity index (χ0n) is 24.9. The predicted molar refractivity (Wildman–Crippen MR) is 184 cm³/mol. The Morgan fingerprint density at radius 1 is 0.600 bits per heavy atom. The number of nitrogens with zero attached hydrogens (tertiary/aromatic N) is 3. The van der Waals surface area contributed by atoms with E-state index in [1.54, 1.807) is 0 Å². The molecule has 1 aliphatic rings. The van der Waals surface area contributed by atoms with E-state index >= 15 is 0 Å². The summed E-state index contributed by atoms with van der Waals surface area (Å²) in [7, 11) is 0. The first kappa shape index (κ1) is 24.7. The van der Waals surface area contributed by atoms with Crippen LogP contribution in [0.3, 0.4) is 0 Å². The van der Waals surface area contributed by atoms with Gasteiger partial charge in [-0.25, -0.2) is 4.98 Å². The molecule has 4 heteroatoms. The average molecular weight is 578 g/mol. The molecular weight excluding hydrogens is 550 g/mol. The highest BCUT2D eigenvalue weighted by Gasteiger charge is 2.38. The molecule has 0 atom stereocenters. The molecule has 6 aromatic carbocycles. The van der Waals surface area contributed by atoms with E-state index in [4.69, 9.17) is 14.4 Å². The van der Waals surface area contributed by atoms with Gasteiger partial charge in [0.1, 0.15) is 5.58 Å². The molecule has 9 aromatic rings. The van der Waals surface area contributed by atoms with E-state index in [1.807, 2.05) is 30.3 Å². The van der Waals surface area contributed by atoms with Gasteiger partial charge in [-0.3, -0.25) is 4.57 Å². The van der Waals surface area contributed by atoms with Gasteiger partial charge in [0, 0.05) is 27.1 Å². The SMILES string of the molecule is CC1(C)c2cc3c(cc2-c2ccc4ccccc4c21)c1ccccc1n3-c1nc(-c2ccccc2)nc2oc3ccccc3c12. The Morgan fingerprint density at radius 3 is 2.20 bits per heavy atom. The summed E-state index contributed by atoms with van der Waals surface area (Å²) < 4.78 is 8.74. The van der Waals surface area contributed by atoms with E-state index in [0.717, 1.165) is 38.8 Å². The third kappa shape index (κ3) is 3.26. The Morgan fingerprint density at radius 2 is 1.33 bits per heavy atom. The van der Waals surface area contributed by atoms with Gasteiger partial charge in [-0.15, -0.1) is 0 Å². The summed E-state index contributed by atoms with van der Waals surface area (Å²) in [5, 5.41) is 6.93.